The van der Waals surface area contributed by atoms with E-state index in [0.29, 0.717) is 18.6 Å². The van der Waals surface area contributed by atoms with Crippen LogP contribution in [0.25, 0.3) is 0 Å². The van der Waals surface area contributed by atoms with Crippen molar-refractivity contribution in [2.24, 2.45) is 0 Å². The minimum Gasteiger partial charge on any atom is -0.483 e. The summed E-state index contributed by atoms with van der Waals surface area (Å²) in [5.41, 5.74) is -0.142. The van der Waals surface area contributed by atoms with Crippen molar-refractivity contribution >= 4 is 17.4 Å². The van der Waals surface area contributed by atoms with Crippen LogP contribution in [0.5, 0.6) is 5.75 Å². The molecule has 8 nitrogen and oxygen atoms in total. The monoisotopic (exact) mass is 495 g/mol. The number of ether oxygens (including phenoxy) is 2. The highest BCUT2D eigenvalue weighted by atomic mass is 19.1. The Hall–Kier alpha value is -4.36. The van der Waals surface area contributed by atoms with E-state index in [2.05, 4.69) is 5.32 Å². The molecule has 0 bridgehead atoms. The van der Waals surface area contributed by atoms with E-state index in [9.17, 15) is 28.4 Å². The van der Waals surface area contributed by atoms with Gasteiger partial charge in [-0.3, -0.25) is 14.4 Å². The first-order chi connectivity index (χ1) is 17.2. The Morgan fingerprint density at radius 2 is 1.83 bits per heavy atom. The summed E-state index contributed by atoms with van der Waals surface area (Å²) in [5.74, 6) is -2.65. The Kier molecular flexibility index (Phi) is 8.65. The summed E-state index contributed by atoms with van der Waals surface area (Å²) in [6, 6.07) is 10.0. The first-order valence-electron chi connectivity index (χ1n) is 10.9. The highest BCUT2D eigenvalue weighted by molar-refractivity contribution is 6.10. The molecule has 1 heterocycles. The first-order valence-corrected chi connectivity index (χ1v) is 10.9. The van der Waals surface area contributed by atoms with Gasteiger partial charge in [-0.1, -0.05) is 6.07 Å². The quantitative estimate of drug-likeness (QED) is 0.340. The number of nitriles is 1. The molecule has 0 radical (unpaired) electrons. The van der Waals surface area contributed by atoms with Gasteiger partial charge in [0.05, 0.1) is 5.56 Å². The van der Waals surface area contributed by atoms with Gasteiger partial charge >= 0.3 is 0 Å². The van der Waals surface area contributed by atoms with Crippen molar-refractivity contribution < 1.29 is 27.8 Å². The van der Waals surface area contributed by atoms with E-state index in [1.165, 1.54) is 36.1 Å². The lowest BCUT2D eigenvalue weighted by Gasteiger charge is -2.13. The topological polar surface area (TPSA) is 110 Å². The predicted molar refractivity (Wildman–Crippen MR) is 127 cm³/mol. The Morgan fingerprint density at radius 3 is 2.56 bits per heavy atom. The Balaban J connectivity index is 1.85. The number of aromatic nitrogens is 1. The maximum Gasteiger partial charge on any atom is 0.268 e. The number of hydrogen-bond donors (Lipinski definition) is 1. The lowest BCUT2D eigenvalue weighted by molar-refractivity contribution is -0.118. The van der Waals surface area contributed by atoms with Crippen molar-refractivity contribution in [3.05, 3.63) is 92.9 Å². The molecule has 0 aliphatic carbocycles. The molecule has 2 aromatic carbocycles. The number of anilines is 1. The number of carbonyl (C=O) groups is 2. The van der Waals surface area contributed by atoms with Crippen molar-refractivity contribution in [3.8, 4) is 11.8 Å². The Labute approximate surface area is 205 Å². The number of hydrogen-bond acceptors (Lipinski definition) is 6. The fourth-order valence-corrected chi connectivity index (χ4v) is 3.40. The molecule has 0 aliphatic heterocycles. The SMILES string of the molecule is COCCCn1cc(C(=O)c2cc(F)ccc2OCC(=O)Nc2cc(F)ccc2C)cc(C#N)c1=O. The molecule has 186 valence electrons. The Morgan fingerprint density at radius 1 is 1.11 bits per heavy atom. The predicted octanol–water partition coefficient (Wildman–Crippen LogP) is 3.59. The molecule has 0 fully saturated rings. The first kappa shape index (κ1) is 26.2. The van der Waals surface area contributed by atoms with Crippen molar-refractivity contribution in [1.82, 2.24) is 4.57 Å². The molecule has 10 heteroatoms. The summed E-state index contributed by atoms with van der Waals surface area (Å²) in [4.78, 5) is 38.1. The van der Waals surface area contributed by atoms with Gasteiger partial charge in [-0.05, 0) is 55.3 Å². The number of rotatable bonds is 10. The lowest BCUT2D eigenvalue weighted by atomic mass is 10.0. The zero-order valence-corrected chi connectivity index (χ0v) is 19.6. The maximum absolute atomic E-state index is 14.0. The molecule has 0 aliphatic rings. The third-order valence-electron chi connectivity index (χ3n) is 5.23. The highest BCUT2D eigenvalue weighted by Crippen LogP contribution is 2.24. The van der Waals surface area contributed by atoms with Crippen molar-refractivity contribution in [3.63, 3.8) is 0 Å². The fourth-order valence-electron chi connectivity index (χ4n) is 3.40. The van der Waals surface area contributed by atoms with Crippen LogP contribution in [-0.4, -0.2) is 36.6 Å². The molecule has 0 saturated carbocycles. The molecule has 0 unspecified atom stereocenters. The zero-order valence-electron chi connectivity index (χ0n) is 19.6. The van der Waals surface area contributed by atoms with Crippen molar-refractivity contribution in [1.29, 1.82) is 5.26 Å². The molecule has 3 rings (SSSR count). The normalized spacial score (nSPS) is 10.5. The Bertz CT molecular complexity index is 1400. The number of pyridine rings is 1. The number of ketones is 1. The van der Waals surface area contributed by atoms with Crippen molar-refractivity contribution in [2.45, 2.75) is 19.9 Å². The van der Waals surface area contributed by atoms with E-state index in [-0.39, 0.29) is 34.7 Å². The number of aryl methyl sites for hydroxylation is 2. The zero-order chi connectivity index (χ0) is 26.2. The van der Waals surface area contributed by atoms with Crippen molar-refractivity contribution in [2.75, 3.05) is 25.6 Å². The van der Waals surface area contributed by atoms with Gasteiger partial charge in [0.1, 0.15) is 29.0 Å². The standard InChI is InChI=1S/C26H23F2N3O5/c1-16-4-5-20(28)12-22(16)30-24(32)15-36-23-7-6-19(27)11-21(23)25(33)18-10-17(13-29)26(34)31(14-18)8-3-9-35-2/h4-7,10-12,14H,3,8-9,15H2,1-2H3,(H,30,32). The van der Waals surface area contributed by atoms with Crippen LogP contribution in [0.1, 0.15) is 33.5 Å². The van der Waals surface area contributed by atoms with E-state index in [0.717, 1.165) is 24.3 Å². The second kappa shape index (κ2) is 11.9. The molecular formula is C26H23F2N3O5. The van der Waals surface area contributed by atoms with E-state index >= 15 is 0 Å². The number of nitrogens with zero attached hydrogens (tertiary/aromatic N) is 2. The smallest absolute Gasteiger partial charge is 0.268 e. The molecule has 1 N–H and O–H groups in total. The van der Waals surface area contributed by atoms with Crippen LogP contribution in [0.15, 0.2) is 53.5 Å². The molecule has 0 saturated heterocycles. The number of amides is 1. The number of benzene rings is 2. The third kappa shape index (κ3) is 6.40. The number of methoxy groups -OCH3 is 1. The number of nitrogens with one attached hydrogen (secondary N) is 1. The third-order valence-corrected chi connectivity index (χ3v) is 5.23. The summed E-state index contributed by atoms with van der Waals surface area (Å²) >= 11 is 0. The number of carbonyl (C=O) groups excluding carboxylic acids is 2. The van der Waals surface area contributed by atoms with E-state index in [1.807, 2.05) is 0 Å². The molecule has 0 spiro atoms. The van der Waals surface area contributed by atoms with Gasteiger partial charge < -0.3 is 19.4 Å². The van der Waals surface area contributed by atoms with Gasteiger partial charge in [0, 0.05) is 37.7 Å². The summed E-state index contributed by atoms with van der Waals surface area (Å²) in [6.07, 6.45) is 1.75. The van der Waals surface area contributed by atoms with E-state index in [4.69, 9.17) is 9.47 Å². The molecule has 3 aromatic rings. The van der Waals surface area contributed by atoms with Crippen LogP contribution < -0.4 is 15.6 Å². The second-order valence-corrected chi connectivity index (χ2v) is 7.86. The van der Waals surface area contributed by atoms with Gasteiger partial charge in [0.15, 0.2) is 12.4 Å². The van der Waals surface area contributed by atoms with Gasteiger partial charge in [-0.25, -0.2) is 8.78 Å². The van der Waals surface area contributed by atoms with Gasteiger partial charge in [-0.2, -0.15) is 5.26 Å². The van der Waals surface area contributed by atoms with Gasteiger partial charge in [0.2, 0.25) is 0 Å². The maximum atomic E-state index is 14.0. The molecule has 1 aromatic heterocycles. The van der Waals surface area contributed by atoms with Crippen LogP contribution in [0.4, 0.5) is 14.5 Å². The van der Waals surface area contributed by atoms with Crippen LogP contribution >= 0.6 is 0 Å². The average molecular weight is 495 g/mol. The minimum atomic E-state index is -0.723. The van der Waals surface area contributed by atoms with Crippen LogP contribution in [0, 0.1) is 29.9 Å². The van der Waals surface area contributed by atoms with Crippen LogP contribution in [-0.2, 0) is 16.1 Å². The fraction of sp³-hybridized carbons (Fsp3) is 0.231. The summed E-state index contributed by atoms with van der Waals surface area (Å²) in [5, 5.41) is 11.9. The molecule has 0 atom stereocenters. The minimum absolute atomic E-state index is 0.0288. The molecular weight excluding hydrogens is 472 g/mol. The van der Waals surface area contributed by atoms with Crippen LogP contribution in [0.3, 0.4) is 0 Å². The van der Waals surface area contributed by atoms with E-state index < -0.39 is 35.5 Å². The molecule has 1 amide bonds. The van der Waals surface area contributed by atoms with Gasteiger partial charge in [0.25, 0.3) is 11.5 Å². The van der Waals surface area contributed by atoms with Crippen LogP contribution in [0.2, 0.25) is 0 Å². The van der Waals surface area contributed by atoms with E-state index in [1.54, 1.807) is 13.0 Å². The number of halogens is 2. The summed E-state index contributed by atoms with van der Waals surface area (Å²) in [6.45, 7) is 1.72. The summed E-state index contributed by atoms with van der Waals surface area (Å²) in [7, 11) is 1.51. The summed E-state index contributed by atoms with van der Waals surface area (Å²) < 4.78 is 39.2. The van der Waals surface area contributed by atoms with Gasteiger partial charge in [-0.15, -0.1) is 0 Å². The second-order valence-electron chi connectivity index (χ2n) is 7.86. The molecule has 36 heavy (non-hydrogen) atoms. The lowest BCUT2D eigenvalue weighted by Crippen LogP contribution is -2.25. The average Bonchev–Trinajstić information content (AvgIpc) is 2.86. The largest absolute Gasteiger partial charge is 0.483 e. The highest BCUT2D eigenvalue weighted by Gasteiger charge is 2.20.